The summed E-state index contributed by atoms with van der Waals surface area (Å²) in [4.78, 5) is 11.9. The number of carbonyl (C=O) groups excluding carboxylic acids is 1. The second-order valence-corrected chi connectivity index (χ2v) is 6.17. The summed E-state index contributed by atoms with van der Waals surface area (Å²) in [6.45, 7) is 4.66. The number of amides is 1. The van der Waals surface area contributed by atoms with Crippen LogP contribution >= 0.6 is 0 Å². The van der Waals surface area contributed by atoms with Gasteiger partial charge in [0, 0.05) is 17.8 Å². The largest absolute Gasteiger partial charge is 0.496 e. The van der Waals surface area contributed by atoms with Crippen LogP contribution in [0.15, 0.2) is 54.6 Å². The molecule has 1 aromatic heterocycles. The van der Waals surface area contributed by atoms with E-state index in [4.69, 9.17) is 10.5 Å². The summed E-state index contributed by atoms with van der Waals surface area (Å²) in [5, 5.41) is 0. The molecule has 128 valence electrons. The molecule has 1 amide bonds. The Bertz CT molecular complexity index is 925. The molecule has 2 N–H and O–H groups in total. The van der Waals surface area contributed by atoms with Crippen molar-refractivity contribution in [2.75, 3.05) is 7.11 Å². The third-order valence-electron chi connectivity index (χ3n) is 4.44. The van der Waals surface area contributed by atoms with Crippen LogP contribution in [0, 0.1) is 13.8 Å². The summed E-state index contributed by atoms with van der Waals surface area (Å²) in [7, 11) is 1.65. The van der Waals surface area contributed by atoms with Gasteiger partial charge >= 0.3 is 0 Å². The van der Waals surface area contributed by atoms with Crippen molar-refractivity contribution in [3.63, 3.8) is 0 Å². The van der Waals surface area contributed by atoms with Crippen LogP contribution in [0.25, 0.3) is 11.3 Å². The number of methoxy groups -OCH3 is 1. The van der Waals surface area contributed by atoms with Gasteiger partial charge in [0.25, 0.3) is 5.91 Å². The van der Waals surface area contributed by atoms with Gasteiger partial charge in [-0.05, 0) is 37.6 Å². The number of nitrogens with two attached hydrogens (primary N) is 1. The standard InChI is InChI=1S/C21H22N2O2/c1-14-7-6-8-16(11-14)13-23-15(2)18(21(22)24)12-19(23)17-9-4-5-10-20(17)25-3/h4-12H,13H2,1-3H3,(H2,22,24). The molecule has 0 saturated heterocycles. The maximum Gasteiger partial charge on any atom is 0.250 e. The predicted molar refractivity (Wildman–Crippen MR) is 100.0 cm³/mol. The number of aryl methyl sites for hydroxylation is 1. The minimum absolute atomic E-state index is 0.420. The quantitative estimate of drug-likeness (QED) is 0.768. The van der Waals surface area contributed by atoms with Gasteiger partial charge in [0.15, 0.2) is 0 Å². The second kappa shape index (κ2) is 6.85. The summed E-state index contributed by atoms with van der Waals surface area (Å²) >= 11 is 0. The number of ether oxygens (including phenoxy) is 1. The smallest absolute Gasteiger partial charge is 0.250 e. The summed E-state index contributed by atoms with van der Waals surface area (Å²) in [5.41, 5.74) is 11.2. The van der Waals surface area contributed by atoms with Crippen molar-refractivity contribution in [1.82, 2.24) is 4.57 Å². The first-order valence-corrected chi connectivity index (χ1v) is 8.20. The highest BCUT2D eigenvalue weighted by Crippen LogP contribution is 2.33. The van der Waals surface area contributed by atoms with E-state index in [1.54, 1.807) is 7.11 Å². The number of carbonyl (C=O) groups is 1. The molecular formula is C21H22N2O2. The van der Waals surface area contributed by atoms with Crippen LogP contribution in [0.5, 0.6) is 5.75 Å². The molecular weight excluding hydrogens is 312 g/mol. The fraction of sp³-hybridized carbons (Fsp3) is 0.190. The molecule has 0 aliphatic rings. The summed E-state index contributed by atoms with van der Waals surface area (Å²) in [6, 6.07) is 18.0. The van der Waals surface area contributed by atoms with Crippen LogP contribution in [0.1, 0.15) is 27.2 Å². The van der Waals surface area contributed by atoms with Crippen LogP contribution in [0.2, 0.25) is 0 Å². The number of aromatic nitrogens is 1. The Kier molecular flexibility index (Phi) is 4.61. The number of primary amides is 1. The molecule has 0 aliphatic heterocycles. The zero-order chi connectivity index (χ0) is 18.0. The van der Waals surface area contributed by atoms with E-state index in [0.717, 1.165) is 22.7 Å². The SMILES string of the molecule is COc1ccccc1-c1cc(C(N)=O)c(C)n1Cc1cccc(C)c1. The normalized spacial score (nSPS) is 10.7. The molecule has 0 bridgehead atoms. The minimum atomic E-state index is -0.420. The van der Waals surface area contributed by atoms with Crippen molar-refractivity contribution >= 4 is 5.91 Å². The van der Waals surface area contributed by atoms with E-state index in [-0.39, 0.29) is 0 Å². The molecule has 4 heteroatoms. The Morgan fingerprint density at radius 2 is 1.84 bits per heavy atom. The maximum absolute atomic E-state index is 11.9. The average molecular weight is 334 g/mol. The number of nitrogens with zero attached hydrogens (tertiary/aromatic N) is 1. The van der Waals surface area contributed by atoms with Gasteiger partial charge in [-0.15, -0.1) is 0 Å². The minimum Gasteiger partial charge on any atom is -0.496 e. The van der Waals surface area contributed by atoms with Crippen LogP contribution < -0.4 is 10.5 Å². The Hall–Kier alpha value is -3.01. The van der Waals surface area contributed by atoms with E-state index < -0.39 is 5.91 Å². The Morgan fingerprint density at radius 1 is 1.08 bits per heavy atom. The third kappa shape index (κ3) is 3.29. The lowest BCUT2D eigenvalue weighted by atomic mass is 10.1. The predicted octanol–water partition coefficient (Wildman–Crippen LogP) is 3.93. The van der Waals surface area contributed by atoms with E-state index in [9.17, 15) is 4.79 Å². The van der Waals surface area contributed by atoms with Crippen LogP contribution in [-0.4, -0.2) is 17.6 Å². The van der Waals surface area contributed by atoms with Gasteiger partial charge in [-0.2, -0.15) is 0 Å². The van der Waals surface area contributed by atoms with Gasteiger partial charge in [-0.25, -0.2) is 0 Å². The zero-order valence-electron chi connectivity index (χ0n) is 14.7. The first-order chi connectivity index (χ1) is 12.0. The fourth-order valence-electron chi connectivity index (χ4n) is 3.17. The van der Waals surface area contributed by atoms with Gasteiger partial charge in [-0.3, -0.25) is 4.79 Å². The summed E-state index contributed by atoms with van der Waals surface area (Å²) < 4.78 is 7.62. The molecule has 3 aromatic rings. The van der Waals surface area contributed by atoms with Crippen molar-refractivity contribution < 1.29 is 9.53 Å². The van der Waals surface area contributed by atoms with E-state index in [2.05, 4.69) is 29.7 Å². The monoisotopic (exact) mass is 334 g/mol. The van der Waals surface area contributed by atoms with Gasteiger partial charge in [-0.1, -0.05) is 42.0 Å². The van der Waals surface area contributed by atoms with Crippen molar-refractivity contribution in [1.29, 1.82) is 0 Å². The molecule has 3 rings (SSSR count). The van der Waals surface area contributed by atoms with Crippen molar-refractivity contribution in [2.24, 2.45) is 5.73 Å². The number of para-hydroxylation sites is 1. The van der Waals surface area contributed by atoms with E-state index in [1.807, 2.05) is 43.3 Å². The van der Waals surface area contributed by atoms with Crippen molar-refractivity contribution in [3.05, 3.63) is 77.0 Å². The highest BCUT2D eigenvalue weighted by atomic mass is 16.5. The Morgan fingerprint density at radius 3 is 2.52 bits per heavy atom. The number of hydrogen-bond donors (Lipinski definition) is 1. The zero-order valence-corrected chi connectivity index (χ0v) is 14.7. The first-order valence-electron chi connectivity index (χ1n) is 8.20. The molecule has 0 atom stereocenters. The molecule has 0 spiro atoms. The number of benzene rings is 2. The highest BCUT2D eigenvalue weighted by Gasteiger charge is 2.19. The van der Waals surface area contributed by atoms with Gasteiger partial charge in [0.1, 0.15) is 5.75 Å². The van der Waals surface area contributed by atoms with E-state index in [1.165, 1.54) is 11.1 Å². The Balaban J connectivity index is 2.17. The van der Waals surface area contributed by atoms with Crippen LogP contribution in [0.4, 0.5) is 0 Å². The van der Waals surface area contributed by atoms with Gasteiger partial charge in [0.2, 0.25) is 0 Å². The van der Waals surface area contributed by atoms with E-state index in [0.29, 0.717) is 12.1 Å². The molecule has 0 aliphatic carbocycles. The number of rotatable bonds is 5. The Labute approximate surface area is 147 Å². The third-order valence-corrected chi connectivity index (χ3v) is 4.44. The maximum atomic E-state index is 11.9. The molecule has 25 heavy (non-hydrogen) atoms. The molecule has 0 fully saturated rings. The molecule has 0 saturated carbocycles. The van der Waals surface area contributed by atoms with Crippen molar-refractivity contribution in [3.8, 4) is 17.0 Å². The van der Waals surface area contributed by atoms with Crippen LogP contribution in [0.3, 0.4) is 0 Å². The van der Waals surface area contributed by atoms with Gasteiger partial charge in [0.05, 0.1) is 18.4 Å². The van der Waals surface area contributed by atoms with E-state index >= 15 is 0 Å². The highest BCUT2D eigenvalue weighted by molar-refractivity contribution is 5.96. The molecule has 0 unspecified atom stereocenters. The lowest BCUT2D eigenvalue weighted by Gasteiger charge is -2.15. The first kappa shape index (κ1) is 16.8. The molecule has 4 nitrogen and oxygen atoms in total. The lowest BCUT2D eigenvalue weighted by molar-refractivity contribution is 0.0999. The van der Waals surface area contributed by atoms with Gasteiger partial charge < -0.3 is 15.0 Å². The summed E-state index contributed by atoms with van der Waals surface area (Å²) in [5.74, 6) is 0.346. The van der Waals surface area contributed by atoms with Crippen LogP contribution in [-0.2, 0) is 6.54 Å². The summed E-state index contributed by atoms with van der Waals surface area (Å²) in [6.07, 6.45) is 0. The molecule has 1 heterocycles. The second-order valence-electron chi connectivity index (χ2n) is 6.17. The van der Waals surface area contributed by atoms with Crippen molar-refractivity contribution in [2.45, 2.75) is 20.4 Å². The number of hydrogen-bond acceptors (Lipinski definition) is 2. The fourth-order valence-corrected chi connectivity index (χ4v) is 3.17. The molecule has 2 aromatic carbocycles. The average Bonchev–Trinajstić information content (AvgIpc) is 2.92. The molecule has 0 radical (unpaired) electrons. The lowest BCUT2D eigenvalue weighted by Crippen LogP contribution is -2.12. The topological polar surface area (TPSA) is 57.2 Å².